The van der Waals surface area contributed by atoms with Crippen LogP contribution in [0.2, 0.25) is 5.02 Å². The summed E-state index contributed by atoms with van der Waals surface area (Å²) in [4.78, 5) is 25.8. The fourth-order valence-corrected chi connectivity index (χ4v) is 4.56. The van der Waals surface area contributed by atoms with Gasteiger partial charge in [-0.25, -0.2) is 9.18 Å². The summed E-state index contributed by atoms with van der Waals surface area (Å²) in [6, 6.07) is 11.5. The number of hydrogen-bond acceptors (Lipinski definition) is 2. The number of carbonyl (C=O) groups is 2. The SMILES string of the molecule is CN(C(=O)NCc1ccccc1Cl)[C@H]1CCc2c(c3cc(F)ccc3n2CC(=O)O)C1. The molecule has 0 fully saturated rings. The smallest absolute Gasteiger partial charge is 0.323 e. The van der Waals surface area contributed by atoms with Gasteiger partial charge in [0.25, 0.3) is 0 Å². The minimum Gasteiger partial charge on any atom is -0.480 e. The van der Waals surface area contributed by atoms with Crippen molar-refractivity contribution in [1.29, 1.82) is 0 Å². The predicted octanol–water partition coefficient (Wildman–Crippen LogP) is 4.22. The molecular weight excluding hydrogens is 421 g/mol. The molecule has 0 saturated heterocycles. The van der Waals surface area contributed by atoms with Crippen LogP contribution >= 0.6 is 11.6 Å². The third-order valence-corrected chi connectivity index (χ3v) is 6.32. The van der Waals surface area contributed by atoms with Crippen LogP contribution in [0.1, 0.15) is 23.2 Å². The van der Waals surface area contributed by atoms with Gasteiger partial charge < -0.3 is 19.9 Å². The average Bonchev–Trinajstić information content (AvgIpc) is 3.04. The highest BCUT2D eigenvalue weighted by molar-refractivity contribution is 6.31. The van der Waals surface area contributed by atoms with Crippen LogP contribution in [0.25, 0.3) is 10.9 Å². The second-order valence-corrected chi connectivity index (χ2v) is 8.23. The van der Waals surface area contributed by atoms with Gasteiger partial charge in [0.1, 0.15) is 12.4 Å². The number of rotatable bonds is 5. The van der Waals surface area contributed by atoms with E-state index < -0.39 is 5.97 Å². The predicted molar refractivity (Wildman–Crippen MR) is 117 cm³/mol. The fraction of sp³-hybridized carbons (Fsp3) is 0.304. The van der Waals surface area contributed by atoms with Crippen LogP contribution in [0.5, 0.6) is 0 Å². The number of halogens is 2. The molecule has 0 radical (unpaired) electrons. The van der Waals surface area contributed by atoms with Gasteiger partial charge in [-0.3, -0.25) is 4.79 Å². The minimum atomic E-state index is -0.942. The van der Waals surface area contributed by atoms with Crippen LogP contribution in [0, 0.1) is 5.82 Å². The molecule has 2 aromatic carbocycles. The Morgan fingerprint density at radius 2 is 2.06 bits per heavy atom. The van der Waals surface area contributed by atoms with E-state index >= 15 is 0 Å². The largest absolute Gasteiger partial charge is 0.480 e. The number of hydrogen-bond donors (Lipinski definition) is 2. The van der Waals surface area contributed by atoms with E-state index in [-0.39, 0.29) is 24.4 Å². The summed E-state index contributed by atoms with van der Waals surface area (Å²) in [6.45, 7) is 0.153. The van der Waals surface area contributed by atoms with Crippen LogP contribution in [-0.4, -0.2) is 39.7 Å². The van der Waals surface area contributed by atoms with E-state index in [9.17, 15) is 19.1 Å². The Kier molecular flexibility index (Phi) is 5.87. The molecule has 0 bridgehead atoms. The molecule has 2 N–H and O–H groups in total. The van der Waals surface area contributed by atoms with E-state index in [1.807, 2.05) is 18.2 Å². The van der Waals surface area contributed by atoms with E-state index in [4.69, 9.17) is 11.6 Å². The molecule has 0 unspecified atom stereocenters. The Balaban J connectivity index is 1.54. The lowest BCUT2D eigenvalue weighted by Gasteiger charge is -2.32. The van der Waals surface area contributed by atoms with Gasteiger partial charge in [0.05, 0.1) is 0 Å². The minimum absolute atomic E-state index is 0.0779. The number of nitrogens with zero attached hydrogens (tertiary/aromatic N) is 2. The van der Waals surface area contributed by atoms with E-state index in [2.05, 4.69) is 5.32 Å². The van der Waals surface area contributed by atoms with E-state index in [1.165, 1.54) is 12.1 Å². The first-order valence-electron chi connectivity index (χ1n) is 10.1. The number of amides is 2. The quantitative estimate of drug-likeness (QED) is 0.620. The third kappa shape index (κ3) is 4.23. The summed E-state index contributed by atoms with van der Waals surface area (Å²) < 4.78 is 15.7. The summed E-state index contributed by atoms with van der Waals surface area (Å²) >= 11 is 6.16. The summed E-state index contributed by atoms with van der Waals surface area (Å²) in [7, 11) is 1.74. The van der Waals surface area contributed by atoms with Crippen LogP contribution in [-0.2, 0) is 30.7 Å². The summed E-state index contributed by atoms with van der Waals surface area (Å²) in [6.07, 6.45) is 1.85. The Morgan fingerprint density at radius 3 is 2.81 bits per heavy atom. The number of urea groups is 1. The number of aliphatic carboxylic acids is 1. The number of fused-ring (bicyclic) bond motifs is 3. The molecule has 3 aromatic rings. The molecule has 1 heterocycles. The first kappa shape index (κ1) is 21.2. The highest BCUT2D eigenvalue weighted by Crippen LogP contribution is 2.34. The Morgan fingerprint density at radius 1 is 1.29 bits per heavy atom. The first-order valence-corrected chi connectivity index (χ1v) is 10.5. The van der Waals surface area contributed by atoms with Crippen molar-refractivity contribution in [3.05, 3.63) is 70.1 Å². The lowest BCUT2D eigenvalue weighted by Crippen LogP contribution is -2.45. The molecule has 4 rings (SSSR count). The summed E-state index contributed by atoms with van der Waals surface area (Å²) in [5.74, 6) is -1.31. The van der Waals surface area contributed by atoms with Gasteiger partial charge in [-0.15, -0.1) is 0 Å². The van der Waals surface area contributed by atoms with Crippen molar-refractivity contribution in [2.24, 2.45) is 0 Å². The lowest BCUT2D eigenvalue weighted by molar-refractivity contribution is -0.137. The summed E-state index contributed by atoms with van der Waals surface area (Å²) in [5, 5.41) is 13.5. The highest BCUT2D eigenvalue weighted by atomic mass is 35.5. The van der Waals surface area contributed by atoms with Crippen molar-refractivity contribution in [3.63, 3.8) is 0 Å². The van der Waals surface area contributed by atoms with Crippen molar-refractivity contribution in [1.82, 2.24) is 14.8 Å². The lowest BCUT2D eigenvalue weighted by atomic mass is 9.90. The second kappa shape index (κ2) is 8.59. The molecule has 6 nitrogen and oxygen atoms in total. The number of nitrogens with one attached hydrogen (secondary N) is 1. The Bertz CT molecular complexity index is 1160. The number of aromatic nitrogens is 1. The van der Waals surface area contributed by atoms with Crippen molar-refractivity contribution in [2.75, 3.05) is 7.05 Å². The third-order valence-electron chi connectivity index (χ3n) is 5.95. The maximum Gasteiger partial charge on any atom is 0.323 e. The normalized spacial score (nSPS) is 15.5. The summed E-state index contributed by atoms with van der Waals surface area (Å²) in [5.41, 5.74) is 3.37. The van der Waals surface area contributed by atoms with Gasteiger partial charge in [-0.2, -0.15) is 0 Å². The monoisotopic (exact) mass is 443 g/mol. The van der Waals surface area contributed by atoms with Crippen molar-refractivity contribution < 1.29 is 19.1 Å². The molecule has 0 aliphatic heterocycles. The van der Waals surface area contributed by atoms with Gasteiger partial charge in [-0.05, 0) is 54.7 Å². The first-order chi connectivity index (χ1) is 14.8. The molecule has 1 aliphatic rings. The molecule has 1 atom stereocenters. The Labute approximate surface area is 184 Å². The van der Waals surface area contributed by atoms with Gasteiger partial charge in [0.2, 0.25) is 0 Å². The number of carbonyl (C=O) groups excluding carboxylic acids is 1. The van der Waals surface area contributed by atoms with Gasteiger partial charge in [-0.1, -0.05) is 29.8 Å². The van der Waals surface area contributed by atoms with E-state index in [0.717, 1.165) is 16.8 Å². The van der Waals surface area contributed by atoms with Crippen LogP contribution in [0.4, 0.5) is 9.18 Å². The average molecular weight is 444 g/mol. The molecule has 162 valence electrons. The fourth-order valence-electron chi connectivity index (χ4n) is 4.35. The molecule has 31 heavy (non-hydrogen) atoms. The van der Waals surface area contributed by atoms with E-state index in [1.54, 1.807) is 28.6 Å². The zero-order valence-corrected chi connectivity index (χ0v) is 17.8. The molecule has 0 saturated carbocycles. The number of benzene rings is 2. The molecule has 0 spiro atoms. The van der Waals surface area contributed by atoms with Gasteiger partial charge in [0, 0.05) is 41.3 Å². The van der Waals surface area contributed by atoms with Crippen LogP contribution < -0.4 is 5.32 Å². The Hall–Kier alpha value is -3.06. The maximum absolute atomic E-state index is 13.9. The van der Waals surface area contributed by atoms with Gasteiger partial charge in [0.15, 0.2) is 0 Å². The molecule has 8 heteroatoms. The number of carboxylic acids is 1. The molecular formula is C23H23ClFN3O3. The van der Waals surface area contributed by atoms with Crippen molar-refractivity contribution in [2.45, 2.75) is 38.4 Å². The molecule has 2 amide bonds. The maximum atomic E-state index is 13.9. The zero-order valence-electron chi connectivity index (χ0n) is 17.1. The molecule has 1 aromatic heterocycles. The number of likely N-dealkylation sites (N-methyl/N-ethyl adjacent to an activating group) is 1. The van der Waals surface area contributed by atoms with E-state index in [0.29, 0.717) is 41.7 Å². The van der Waals surface area contributed by atoms with Crippen molar-refractivity contribution >= 4 is 34.5 Å². The molecule has 1 aliphatic carbocycles. The topological polar surface area (TPSA) is 74.6 Å². The van der Waals surface area contributed by atoms with Gasteiger partial charge >= 0.3 is 12.0 Å². The van der Waals surface area contributed by atoms with Crippen molar-refractivity contribution in [3.8, 4) is 0 Å². The second-order valence-electron chi connectivity index (χ2n) is 7.82. The number of carboxylic acid groups (broad SMARTS) is 1. The van der Waals surface area contributed by atoms with Crippen LogP contribution in [0.15, 0.2) is 42.5 Å². The highest BCUT2D eigenvalue weighted by Gasteiger charge is 2.30. The standard InChI is InChI=1S/C23H23ClFN3O3/c1-27(23(31)26-12-14-4-2-3-5-19(14)24)16-7-9-21-18(11-16)17-10-15(25)6-8-20(17)28(21)13-22(29)30/h2-6,8,10,16H,7,9,11-13H2,1H3,(H,26,31)(H,29,30)/t16-/m0/s1. The zero-order chi connectivity index (χ0) is 22.1. The van der Waals surface area contributed by atoms with Crippen LogP contribution in [0.3, 0.4) is 0 Å².